The number of carbonyl (C=O) groups is 1. The van der Waals surface area contributed by atoms with Crippen molar-refractivity contribution < 1.29 is 9.53 Å². The molecule has 154 valence electrons. The number of pyridine rings is 1. The number of amides is 1. The Balaban J connectivity index is 1.30. The molecule has 1 amide bonds. The van der Waals surface area contributed by atoms with Crippen LogP contribution in [-0.2, 0) is 26.7 Å². The Bertz CT molecular complexity index is 1220. The zero-order chi connectivity index (χ0) is 21.2. The maximum absolute atomic E-state index is 13.1. The summed E-state index contributed by atoms with van der Waals surface area (Å²) >= 11 is 0. The van der Waals surface area contributed by atoms with Crippen LogP contribution in [0.15, 0.2) is 79.4 Å². The van der Waals surface area contributed by atoms with Crippen LogP contribution in [0.1, 0.15) is 27.0 Å². The molecule has 2 aromatic carbocycles. The van der Waals surface area contributed by atoms with Crippen LogP contribution in [0.5, 0.6) is 5.75 Å². The predicted molar refractivity (Wildman–Crippen MR) is 117 cm³/mol. The van der Waals surface area contributed by atoms with Gasteiger partial charge >= 0.3 is 0 Å². The van der Waals surface area contributed by atoms with Crippen LogP contribution < -0.4 is 4.74 Å². The van der Waals surface area contributed by atoms with Gasteiger partial charge in [-0.3, -0.25) is 14.5 Å². The minimum absolute atomic E-state index is 0.00752. The molecule has 4 aromatic rings. The standard InChI is InChI=1S/C25H22N4O2/c1-28-15-22(13-27-28)20-9-7-18(8-10-20)14-29-16-21-5-2-6-23(24(21)25(29)30)31-17-19-4-3-11-26-12-19/h2-13,15H,14,16-17H2,1H3. The second kappa shape index (κ2) is 8.07. The fourth-order valence-corrected chi connectivity index (χ4v) is 3.87. The summed E-state index contributed by atoms with van der Waals surface area (Å²) in [6.45, 7) is 1.53. The molecule has 6 nitrogen and oxygen atoms in total. The third-order valence-corrected chi connectivity index (χ3v) is 5.46. The number of nitrogens with zero attached hydrogens (tertiary/aromatic N) is 4. The summed E-state index contributed by atoms with van der Waals surface area (Å²) in [7, 11) is 1.91. The van der Waals surface area contributed by atoms with Crippen LogP contribution >= 0.6 is 0 Å². The van der Waals surface area contributed by atoms with Crippen molar-refractivity contribution in [1.82, 2.24) is 19.7 Å². The number of ether oxygens (including phenoxy) is 1. The van der Waals surface area contributed by atoms with Crippen molar-refractivity contribution in [3.8, 4) is 16.9 Å². The van der Waals surface area contributed by atoms with E-state index < -0.39 is 0 Å². The summed E-state index contributed by atoms with van der Waals surface area (Å²) in [6.07, 6.45) is 7.34. The van der Waals surface area contributed by atoms with Crippen LogP contribution in [0.4, 0.5) is 0 Å². The van der Waals surface area contributed by atoms with Crippen molar-refractivity contribution in [2.75, 3.05) is 0 Å². The highest BCUT2D eigenvalue weighted by Crippen LogP contribution is 2.32. The molecule has 0 atom stereocenters. The fraction of sp³-hybridized carbons (Fsp3) is 0.160. The lowest BCUT2D eigenvalue weighted by atomic mass is 10.1. The maximum atomic E-state index is 13.1. The Morgan fingerprint density at radius 1 is 0.968 bits per heavy atom. The lowest BCUT2D eigenvalue weighted by Gasteiger charge is -2.16. The lowest BCUT2D eigenvalue weighted by Crippen LogP contribution is -2.23. The maximum Gasteiger partial charge on any atom is 0.258 e. The molecule has 0 radical (unpaired) electrons. The van der Waals surface area contributed by atoms with E-state index in [9.17, 15) is 4.79 Å². The predicted octanol–water partition coefficient (Wildman–Crippen LogP) is 4.22. The Morgan fingerprint density at radius 3 is 2.58 bits per heavy atom. The monoisotopic (exact) mass is 410 g/mol. The number of aryl methyl sites for hydroxylation is 1. The number of hydrogen-bond donors (Lipinski definition) is 0. The minimum atomic E-state index is 0.00752. The Kier molecular flexibility index (Phi) is 4.96. The van der Waals surface area contributed by atoms with E-state index in [4.69, 9.17) is 4.74 Å². The van der Waals surface area contributed by atoms with Crippen molar-refractivity contribution >= 4 is 5.91 Å². The van der Waals surface area contributed by atoms with Crippen molar-refractivity contribution in [2.45, 2.75) is 19.7 Å². The topological polar surface area (TPSA) is 60.2 Å². The minimum Gasteiger partial charge on any atom is -0.488 e. The van der Waals surface area contributed by atoms with Gasteiger partial charge in [-0.25, -0.2) is 0 Å². The largest absolute Gasteiger partial charge is 0.488 e. The summed E-state index contributed by atoms with van der Waals surface area (Å²) in [5, 5.41) is 4.22. The molecule has 6 heteroatoms. The molecule has 0 unspecified atom stereocenters. The van der Waals surface area contributed by atoms with Gasteiger partial charge in [-0.1, -0.05) is 42.5 Å². The van der Waals surface area contributed by atoms with Gasteiger partial charge in [0.15, 0.2) is 0 Å². The first-order chi connectivity index (χ1) is 15.2. The van der Waals surface area contributed by atoms with Crippen molar-refractivity contribution in [1.29, 1.82) is 0 Å². The van der Waals surface area contributed by atoms with E-state index in [0.29, 0.717) is 31.0 Å². The van der Waals surface area contributed by atoms with E-state index in [-0.39, 0.29) is 5.91 Å². The molecular formula is C25H22N4O2. The van der Waals surface area contributed by atoms with Crippen molar-refractivity contribution in [2.24, 2.45) is 7.05 Å². The van der Waals surface area contributed by atoms with Gasteiger partial charge < -0.3 is 9.64 Å². The summed E-state index contributed by atoms with van der Waals surface area (Å²) in [5.41, 5.74) is 5.91. The van der Waals surface area contributed by atoms with Gasteiger partial charge in [-0.15, -0.1) is 0 Å². The van der Waals surface area contributed by atoms with E-state index in [0.717, 1.165) is 27.8 Å². The second-order valence-corrected chi connectivity index (χ2v) is 7.70. The quantitative estimate of drug-likeness (QED) is 0.478. The number of aromatic nitrogens is 3. The van der Waals surface area contributed by atoms with Gasteiger partial charge in [0, 0.05) is 49.9 Å². The normalized spacial score (nSPS) is 12.8. The first kappa shape index (κ1) is 19.1. The molecule has 0 aliphatic carbocycles. The van der Waals surface area contributed by atoms with Crippen molar-refractivity contribution in [3.05, 3.63) is 102 Å². The third kappa shape index (κ3) is 3.92. The molecule has 5 rings (SSSR count). The van der Waals surface area contributed by atoms with Crippen molar-refractivity contribution in [3.63, 3.8) is 0 Å². The fourth-order valence-electron chi connectivity index (χ4n) is 3.87. The molecule has 0 N–H and O–H groups in total. The average Bonchev–Trinajstić information content (AvgIpc) is 3.37. The van der Waals surface area contributed by atoms with Gasteiger partial charge in [0.25, 0.3) is 5.91 Å². The Labute approximate surface area is 180 Å². The van der Waals surface area contributed by atoms with Gasteiger partial charge in [0.05, 0.1) is 11.8 Å². The highest BCUT2D eigenvalue weighted by molar-refractivity contribution is 6.01. The van der Waals surface area contributed by atoms with Crippen LogP contribution in [-0.4, -0.2) is 25.6 Å². The molecule has 0 saturated carbocycles. The first-order valence-electron chi connectivity index (χ1n) is 10.2. The van der Waals surface area contributed by atoms with Crippen LogP contribution in [0.25, 0.3) is 11.1 Å². The zero-order valence-corrected chi connectivity index (χ0v) is 17.2. The van der Waals surface area contributed by atoms with E-state index in [1.807, 2.05) is 54.7 Å². The van der Waals surface area contributed by atoms with Gasteiger partial charge in [-0.2, -0.15) is 5.10 Å². The van der Waals surface area contributed by atoms with E-state index >= 15 is 0 Å². The number of benzene rings is 2. The summed E-state index contributed by atoms with van der Waals surface area (Å²) in [5.74, 6) is 0.633. The highest BCUT2D eigenvalue weighted by atomic mass is 16.5. The van der Waals surface area contributed by atoms with Gasteiger partial charge in [0.2, 0.25) is 0 Å². The number of carbonyl (C=O) groups excluding carboxylic acids is 1. The molecule has 0 bridgehead atoms. The molecule has 31 heavy (non-hydrogen) atoms. The molecule has 0 saturated heterocycles. The number of fused-ring (bicyclic) bond motifs is 1. The smallest absolute Gasteiger partial charge is 0.258 e. The summed E-state index contributed by atoms with van der Waals surface area (Å²) in [6, 6.07) is 17.9. The summed E-state index contributed by atoms with van der Waals surface area (Å²) in [4.78, 5) is 19.1. The molecule has 0 fully saturated rings. The molecule has 2 aromatic heterocycles. The first-order valence-corrected chi connectivity index (χ1v) is 10.2. The Hall–Kier alpha value is -3.93. The second-order valence-electron chi connectivity index (χ2n) is 7.70. The Morgan fingerprint density at radius 2 is 1.84 bits per heavy atom. The average molecular weight is 410 g/mol. The molecule has 3 heterocycles. The SMILES string of the molecule is Cn1cc(-c2ccc(CN3Cc4cccc(OCc5cccnc5)c4C3=O)cc2)cn1. The van der Waals surface area contributed by atoms with Gasteiger partial charge in [-0.05, 0) is 28.8 Å². The molecule has 1 aliphatic rings. The van der Waals surface area contributed by atoms with Crippen LogP contribution in [0, 0.1) is 0 Å². The van der Waals surface area contributed by atoms with Crippen LogP contribution in [0.3, 0.4) is 0 Å². The van der Waals surface area contributed by atoms with E-state index in [2.05, 4.69) is 34.3 Å². The van der Waals surface area contributed by atoms with Gasteiger partial charge in [0.1, 0.15) is 12.4 Å². The number of hydrogen-bond acceptors (Lipinski definition) is 4. The molecule has 0 spiro atoms. The van der Waals surface area contributed by atoms with E-state index in [1.165, 1.54) is 0 Å². The van der Waals surface area contributed by atoms with Crippen LogP contribution in [0.2, 0.25) is 0 Å². The van der Waals surface area contributed by atoms with E-state index in [1.54, 1.807) is 17.1 Å². The molecular weight excluding hydrogens is 388 g/mol. The zero-order valence-electron chi connectivity index (χ0n) is 17.2. The molecule has 1 aliphatic heterocycles. The summed E-state index contributed by atoms with van der Waals surface area (Å²) < 4.78 is 7.76. The third-order valence-electron chi connectivity index (χ3n) is 5.46. The lowest BCUT2D eigenvalue weighted by molar-refractivity contribution is 0.0763. The number of rotatable bonds is 6. The highest BCUT2D eigenvalue weighted by Gasteiger charge is 2.30.